The number of hydrogen-bond donors (Lipinski definition) is 0. The third kappa shape index (κ3) is 2.39. The predicted molar refractivity (Wildman–Crippen MR) is 78.6 cm³/mol. The second-order valence-electron chi connectivity index (χ2n) is 4.97. The number of aliphatic imine (C=N–C) groups is 1. The molecule has 0 saturated carbocycles. The lowest BCUT2D eigenvalue weighted by atomic mass is 9.94. The van der Waals surface area contributed by atoms with Crippen LogP contribution in [0, 0.1) is 0 Å². The van der Waals surface area contributed by atoms with E-state index in [1.165, 1.54) is 0 Å². The molecule has 1 aromatic carbocycles. The number of carbonyl (C=O) groups excluding carboxylic acids is 1. The van der Waals surface area contributed by atoms with E-state index in [2.05, 4.69) is 4.99 Å². The SMILES string of the molecule is CCOC(=O)C1=C(C)N=C2OCCN2[C@H]1c1ccccc1. The molecule has 0 radical (unpaired) electrons. The zero-order chi connectivity index (χ0) is 14.8. The van der Waals surface area contributed by atoms with Crippen LogP contribution in [0.15, 0.2) is 46.6 Å². The normalized spacial score (nSPS) is 20.8. The Labute approximate surface area is 123 Å². The van der Waals surface area contributed by atoms with Crippen LogP contribution in [0.4, 0.5) is 0 Å². The largest absolute Gasteiger partial charge is 0.463 e. The van der Waals surface area contributed by atoms with Gasteiger partial charge in [0.1, 0.15) is 6.61 Å². The zero-order valence-electron chi connectivity index (χ0n) is 12.2. The summed E-state index contributed by atoms with van der Waals surface area (Å²) in [6, 6.07) is 10.3. The van der Waals surface area contributed by atoms with Gasteiger partial charge in [0.2, 0.25) is 0 Å². The van der Waals surface area contributed by atoms with E-state index in [0.29, 0.717) is 37.1 Å². The van der Waals surface area contributed by atoms with Crippen molar-refractivity contribution in [3.8, 4) is 0 Å². The van der Waals surface area contributed by atoms with Gasteiger partial charge in [0.05, 0.1) is 30.5 Å². The second kappa shape index (κ2) is 5.60. The van der Waals surface area contributed by atoms with Gasteiger partial charge in [-0.3, -0.25) is 0 Å². The first-order chi connectivity index (χ1) is 10.2. The number of amidine groups is 1. The van der Waals surface area contributed by atoms with Crippen molar-refractivity contribution in [3.05, 3.63) is 47.2 Å². The molecule has 1 aromatic rings. The molecule has 1 atom stereocenters. The minimum Gasteiger partial charge on any atom is -0.463 e. The molecule has 1 fully saturated rings. The maximum absolute atomic E-state index is 12.4. The maximum Gasteiger partial charge on any atom is 0.338 e. The Morgan fingerprint density at radius 3 is 2.90 bits per heavy atom. The Bertz CT molecular complexity index is 607. The van der Waals surface area contributed by atoms with E-state index >= 15 is 0 Å². The summed E-state index contributed by atoms with van der Waals surface area (Å²) < 4.78 is 10.8. The van der Waals surface area contributed by atoms with Crippen molar-refractivity contribution in [1.82, 2.24) is 4.90 Å². The van der Waals surface area contributed by atoms with Crippen molar-refractivity contribution in [2.75, 3.05) is 19.8 Å². The highest BCUT2D eigenvalue weighted by Gasteiger charge is 2.39. The van der Waals surface area contributed by atoms with E-state index in [9.17, 15) is 4.79 Å². The molecule has 0 bridgehead atoms. The standard InChI is InChI=1S/C16H18N2O3/c1-3-20-15(19)13-11(2)17-16-18(9-10-21-16)14(13)12-7-5-4-6-8-12/h4-8,14H,3,9-10H2,1-2H3/t14-/m0/s1. The zero-order valence-corrected chi connectivity index (χ0v) is 12.2. The van der Waals surface area contributed by atoms with E-state index in [0.717, 1.165) is 5.56 Å². The summed E-state index contributed by atoms with van der Waals surface area (Å²) in [5.74, 6) is -0.307. The van der Waals surface area contributed by atoms with E-state index < -0.39 is 0 Å². The summed E-state index contributed by atoms with van der Waals surface area (Å²) >= 11 is 0. The van der Waals surface area contributed by atoms with Gasteiger partial charge in [-0.15, -0.1) is 0 Å². The van der Waals surface area contributed by atoms with Crippen LogP contribution < -0.4 is 0 Å². The Morgan fingerprint density at radius 1 is 1.43 bits per heavy atom. The van der Waals surface area contributed by atoms with Gasteiger partial charge in [-0.2, -0.15) is 0 Å². The highest BCUT2D eigenvalue weighted by atomic mass is 16.5. The number of ether oxygens (including phenoxy) is 2. The van der Waals surface area contributed by atoms with Gasteiger partial charge in [-0.1, -0.05) is 30.3 Å². The summed E-state index contributed by atoms with van der Waals surface area (Å²) in [6.07, 6.45) is 0. The van der Waals surface area contributed by atoms with Crippen LogP contribution in [0.3, 0.4) is 0 Å². The Kier molecular flexibility index (Phi) is 3.64. The molecule has 2 aliphatic heterocycles. The highest BCUT2D eigenvalue weighted by Crippen LogP contribution is 2.37. The molecular weight excluding hydrogens is 268 g/mol. The minimum absolute atomic E-state index is 0.194. The van der Waals surface area contributed by atoms with Gasteiger partial charge in [0.25, 0.3) is 6.02 Å². The third-order valence-corrected chi connectivity index (χ3v) is 3.66. The van der Waals surface area contributed by atoms with Crippen molar-refractivity contribution >= 4 is 12.0 Å². The fourth-order valence-electron chi connectivity index (χ4n) is 2.76. The number of hydrogen-bond acceptors (Lipinski definition) is 5. The summed E-state index contributed by atoms with van der Waals surface area (Å²) in [5, 5.41) is 0. The van der Waals surface area contributed by atoms with Gasteiger partial charge in [-0.05, 0) is 19.4 Å². The first kappa shape index (κ1) is 13.7. The Balaban J connectivity index is 2.08. The van der Waals surface area contributed by atoms with Gasteiger partial charge < -0.3 is 14.4 Å². The lowest BCUT2D eigenvalue weighted by molar-refractivity contribution is -0.139. The maximum atomic E-state index is 12.4. The molecule has 0 spiro atoms. The Hall–Kier alpha value is -2.30. The number of rotatable bonds is 3. The lowest BCUT2D eigenvalue weighted by Crippen LogP contribution is -2.37. The molecule has 5 nitrogen and oxygen atoms in total. The van der Waals surface area contributed by atoms with Crippen molar-refractivity contribution in [2.24, 2.45) is 4.99 Å². The molecule has 21 heavy (non-hydrogen) atoms. The van der Waals surface area contributed by atoms with Crippen LogP contribution in [0.25, 0.3) is 0 Å². The second-order valence-corrected chi connectivity index (χ2v) is 4.97. The molecule has 0 N–H and O–H groups in total. The monoisotopic (exact) mass is 286 g/mol. The third-order valence-electron chi connectivity index (χ3n) is 3.66. The molecule has 0 unspecified atom stereocenters. The fraction of sp³-hybridized carbons (Fsp3) is 0.375. The quantitative estimate of drug-likeness (QED) is 0.800. The topological polar surface area (TPSA) is 51.1 Å². The first-order valence-electron chi connectivity index (χ1n) is 7.13. The fourth-order valence-corrected chi connectivity index (χ4v) is 2.76. The van der Waals surface area contributed by atoms with Gasteiger partial charge in [0.15, 0.2) is 0 Å². The summed E-state index contributed by atoms with van der Waals surface area (Å²) in [7, 11) is 0. The highest BCUT2D eigenvalue weighted by molar-refractivity contribution is 5.94. The van der Waals surface area contributed by atoms with Crippen molar-refractivity contribution in [1.29, 1.82) is 0 Å². The van der Waals surface area contributed by atoms with Crippen LogP contribution in [0.2, 0.25) is 0 Å². The average molecular weight is 286 g/mol. The van der Waals surface area contributed by atoms with Crippen molar-refractivity contribution in [2.45, 2.75) is 19.9 Å². The average Bonchev–Trinajstić information content (AvgIpc) is 2.94. The van der Waals surface area contributed by atoms with Gasteiger partial charge in [0, 0.05) is 0 Å². The van der Waals surface area contributed by atoms with E-state index in [4.69, 9.17) is 9.47 Å². The van der Waals surface area contributed by atoms with Crippen LogP contribution in [-0.4, -0.2) is 36.6 Å². The molecule has 2 heterocycles. The first-order valence-corrected chi connectivity index (χ1v) is 7.13. The van der Waals surface area contributed by atoms with Crippen molar-refractivity contribution in [3.63, 3.8) is 0 Å². The molecule has 110 valence electrons. The molecule has 0 aromatic heterocycles. The molecule has 0 amide bonds. The summed E-state index contributed by atoms with van der Waals surface area (Å²) in [4.78, 5) is 18.8. The molecule has 0 aliphatic carbocycles. The molecule has 3 rings (SSSR count). The molecule has 1 saturated heterocycles. The number of nitrogens with zero attached hydrogens (tertiary/aromatic N) is 2. The van der Waals surface area contributed by atoms with E-state index in [1.807, 2.05) is 49.1 Å². The van der Waals surface area contributed by atoms with Crippen LogP contribution >= 0.6 is 0 Å². The van der Waals surface area contributed by atoms with Crippen LogP contribution in [0.5, 0.6) is 0 Å². The summed E-state index contributed by atoms with van der Waals surface area (Å²) in [5.41, 5.74) is 2.30. The molecule has 5 heteroatoms. The van der Waals surface area contributed by atoms with Crippen LogP contribution in [-0.2, 0) is 14.3 Å². The molecule has 2 aliphatic rings. The lowest BCUT2D eigenvalue weighted by Gasteiger charge is -2.32. The number of allylic oxidation sites excluding steroid dienone is 1. The smallest absolute Gasteiger partial charge is 0.338 e. The predicted octanol–water partition coefficient (Wildman–Crippen LogP) is 2.27. The van der Waals surface area contributed by atoms with Gasteiger partial charge in [-0.25, -0.2) is 9.79 Å². The number of carbonyl (C=O) groups is 1. The number of fused-ring (bicyclic) bond motifs is 1. The van der Waals surface area contributed by atoms with Crippen molar-refractivity contribution < 1.29 is 14.3 Å². The van der Waals surface area contributed by atoms with E-state index in [1.54, 1.807) is 0 Å². The molecular formula is C16H18N2O3. The number of esters is 1. The van der Waals surface area contributed by atoms with Crippen LogP contribution in [0.1, 0.15) is 25.5 Å². The Morgan fingerprint density at radius 2 is 2.19 bits per heavy atom. The minimum atomic E-state index is -0.307. The summed E-state index contributed by atoms with van der Waals surface area (Å²) in [6.45, 7) is 5.29. The van der Waals surface area contributed by atoms with E-state index in [-0.39, 0.29) is 12.0 Å². The number of benzene rings is 1. The van der Waals surface area contributed by atoms with Gasteiger partial charge >= 0.3 is 5.97 Å².